The molecule has 6 rings (SSSR count). The summed E-state index contributed by atoms with van der Waals surface area (Å²) >= 11 is 0. The molecule has 0 aromatic heterocycles. The third kappa shape index (κ3) is 3.86. The minimum atomic E-state index is -1.18. The van der Waals surface area contributed by atoms with Crippen molar-refractivity contribution < 1.29 is 49.2 Å². The van der Waals surface area contributed by atoms with E-state index in [9.17, 15) is 25.5 Å². The van der Waals surface area contributed by atoms with Crippen molar-refractivity contribution in [3.05, 3.63) is 46.5 Å². The van der Waals surface area contributed by atoms with Crippen molar-refractivity contribution in [2.45, 2.75) is 51.5 Å². The van der Waals surface area contributed by atoms with Crippen molar-refractivity contribution >= 4 is 21.5 Å². The monoisotopic (exact) mass is 564 g/mol. The number of aliphatic hydroxyl groups is 2. The molecule has 2 aliphatic heterocycles. The Balaban J connectivity index is 1.94. The smallest absolute Gasteiger partial charge is 0.134 e. The first-order chi connectivity index (χ1) is 19.6. The first-order valence-corrected chi connectivity index (χ1v) is 13.2. The molecule has 4 aromatic carbocycles. The van der Waals surface area contributed by atoms with E-state index in [1.165, 1.54) is 33.5 Å². The zero-order valence-corrected chi connectivity index (χ0v) is 23.3. The summed E-state index contributed by atoms with van der Waals surface area (Å²) in [5.74, 6) is 0.570. The van der Waals surface area contributed by atoms with E-state index in [2.05, 4.69) is 0 Å². The van der Waals surface area contributed by atoms with Crippen molar-refractivity contribution in [3.8, 4) is 45.6 Å². The fourth-order valence-corrected chi connectivity index (χ4v) is 6.23. The lowest BCUT2D eigenvalue weighted by molar-refractivity contribution is -0.0537. The Hall–Kier alpha value is -3.96. The summed E-state index contributed by atoms with van der Waals surface area (Å²) in [6.45, 7) is 3.46. The number of phenols is 3. The fourth-order valence-electron chi connectivity index (χ4n) is 6.23. The largest absolute Gasteiger partial charge is 0.508 e. The second-order valence-corrected chi connectivity index (χ2v) is 10.5. The van der Waals surface area contributed by atoms with Crippen LogP contribution in [0.4, 0.5) is 0 Å². The fraction of sp³-hybridized carbons (Fsp3) is 0.355. The number of rotatable bonds is 4. The highest BCUT2D eigenvalue weighted by atomic mass is 16.5. The highest BCUT2D eigenvalue weighted by Crippen LogP contribution is 2.56. The summed E-state index contributed by atoms with van der Waals surface area (Å²) in [6, 6.07) is 6.24. The second-order valence-electron chi connectivity index (χ2n) is 10.5. The van der Waals surface area contributed by atoms with Crippen LogP contribution in [0, 0.1) is 0 Å². The topological polar surface area (TPSA) is 147 Å². The highest BCUT2D eigenvalue weighted by molar-refractivity contribution is 6.15. The molecule has 216 valence electrons. The van der Waals surface area contributed by atoms with Gasteiger partial charge >= 0.3 is 0 Å². The van der Waals surface area contributed by atoms with E-state index in [4.69, 9.17) is 23.7 Å². The van der Waals surface area contributed by atoms with Gasteiger partial charge in [0.15, 0.2) is 0 Å². The maximum Gasteiger partial charge on any atom is 0.134 e. The molecule has 10 nitrogen and oxygen atoms in total. The van der Waals surface area contributed by atoms with Gasteiger partial charge in [-0.25, -0.2) is 0 Å². The number of benzene rings is 4. The Morgan fingerprint density at radius 2 is 1.12 bits per heavy atom. The molecule has 0 aliphatic carbocycles. The van der Waals surface area contributed by atoms with Gasteiger partial charge in [-0.2, -0.15) is 0 Å². The Labute approximate surface area is 235 Å². The van der Waals surface area contributed by atoms with E-state index < -0.39 is 24.4 Å². The molecule has 0 radical (unpaired) electrons. The van der Waals surface area contributed by atoms with Gasteiger partial charge in [-0.15, -0.1) is 0 Å². The van der Waals surface area contributed by atoms with E-state index in [0.717, 1.165) is 0 Å². The lowest BCUT2D eigenvalue weighted by Crippen LogP contribution is -2.28. The molecule has 0 bridgehead atoms. The van der Waals surface area contributed by atoms with Gasteiger partial charge in [-0.3, -0.25) is 0 Å². The van der Waals surface area contributed by atoms with Gasteiger partial charge in [0, 0.05) is 45.2 Å². The molecule has 41 heavy (non-hydrogen) atoms. The summed E-state index contributed by atoms with van der Waals surface area (Å²) in [6.07, 6.45) is -3.61. The van der Waals surface area contributed by atoms with Crippen molar-refractivity contribution in [1.29, 1.82) is 0 Å². The summed E-state index contributed by atoms with van der Waals surface area (Å²) in [5, 5.41) is 58.6. The van der Waals surface area contributed by atoms with Gasteiger partial charge in [-0.1, -0.05) is 0 Å². The van der Waals surface area contributed by atoms with Crippen LogP contribution in [-0.2, 0) is 22.7 Å². The van der Waals surface area contributed by atoms with Crippen LogP contribution in [0.2, 0.25) is 0 Å². The van der Waals surface area contributed by atoms with Gasteiger partial charge in [0.25, 0.3) is 0 Å². The van der Waals surface area contributed by atoms with Crippen LogP contribution in [0.5, 0.6) is 34.5 Å². The number of aliphatic hydroxyl groups excluding tert-OH is 2. The molecule has 0 unspecified atom stereocenters. The van der Waals surface area contributed by atoms with Crippen LogP contribution in [0.25, 0.3) is 32.7 Å². The average Bonchev–Trinajstić information content (AvgIpc) is 2.96. The van der Waals surface area contributed by atoms with Gasteiger partial charge in [-0.05, 0) is 37.1 Å². The average molecular weight is 565 g/mol. The molecule has 0 fully saturated rings. The third-order valence-corrected chi connectivity index (χ3v) is 8.32. The number of phenolic OH excluding ortho intramolecular Hbond substituents is 3. The summed E-state index contributed by atoms with van der Waals surface area (Å²) < 4.78 is 28.5. The van der Waals surface area contributed by atoms with E-state index in [1.807, 2.05) is 0 Å². The minimum Gasteiger partial charge on any atom is -0.508 e. The predicted octanol–water partition coefficient (Wildman–Crippen LogP) is 4.71. The van der Waals surface area contributed by atoms with Gasteiger partial charge in [0.05, 0.1) is 57.5 Å². The van der Waals surface area contributed by atoms with E-state index in [1.54, 1.807) is 26.0 Å². The van der Waals surface area contributed by atoms with Crippen LogP contribution in [0.3, 0.4) is 0 Å². The molecule has 0 saturated heterocycles. The van der Waals surface area contributed by atoms with Crippen LogP contribution in [-0.4, -0.2) is 59.1 Å². The molecule has 4 atom stereocenters. The predicted molar refractivity (Wildman–Crippen MR) is 150 cm³/mol. The Morgan fingerprint density at radius 3 is 1.59 bits per heavy atom. The lowest BCUT2D eigenvalue weighted by atomic mass is 9.77. The molecule has 2 heterocycles. The van der Waals surface area contributed by atoms with E-state index in [-0.39, 0.29) is 36.2 Å². The first kappa shape index (κ1) is 27.2. The molecule has 5 N–H and O–H groups in total. The van der Waals surface area contributed by atoms with Crippen molar-refractivity contribution in [1.82, 2.24) is 0 Å². The lowest BCUT2D eigenvalue weighted by Gasteiger charge is -2.36. The minimum absolute atomic E-state index is 0.000714. The quantitative estimate of drug-likeness (QED) is 0.236. The molecule has 0 spiro atoms. The molecule has 0 amide bonds. The van der Waals surface area contributed by atoms with E-state index in [0.29, 0.717) is 66.4 Å². The number of methoxy groups -OCH3 is 3. The Morgan fingerprint density at radius 1 is 0.659 bits per heavy atom. The zero-order valence-electron chi connectivity index (χ0n) is 23.3. The number of ether oxygens (including phenoxy) is 5. The highest BCUT2D eigenvalue weighted by Gasteiger charge is 2.39. The van der Waals surface area contributed by atoms with Crippen molar-refractivity contribution in [2.75, 3.05) is 21.3 Å². The van der Waals surface area contributed by atoms with Gasteiger partial charge < -0.3 is 49.2 Å². The van der Waals surface area contributed by atoms with Crippen molar-refractivity contribution in [2.24, 2.45) is 0 Å². The number of fused-ring (bicyclic) bond motifs is 4. The first-order valence-electron chi connectivity index (χ1n) is 13.2. The van der Waals surface area contributed by atoms with Crippen LogP contribution >= 0.6 is 0 Å². The van der Waals surface area contributed by atoms with Gasteiger partial charge in [0.2, 0.25) is 0 Å². The number of hydrogen-bond donors (Lipinski definition) is 5. The summed E-state index contributed by atoms with van der Waals surface area (Å²) in [7, 11) is 4.41. The zero-order chi connectivity index (χ0) is 29.3. The van der Waals surface area contributed by atoms with Crippen molar-refractivity contribution in [3.63, 3.8) is 0 Å². The molecular formula is C31H32O10. The maximum atomic E-state index is 11.6. The standard InChI is InChI=1S/C31H32O10/c1-12-28(33)26-18(10-40-12)30(35)22-16(6-14(32)7-20(22)38-4)24(26)25-17-8-15(37-3)9-21(39-5)23(17)31(36)19-11-41-13(2)29(34)27(19)25/h6-9,12-13,28-29,32-36H,10-11H2,1-5H3/t12-,13-,28+,29+/m0/s1. The molecular weight excluding hydrogens is 532 g/mol. The Bertz CT molecular complexity index is 1710. The number of hydrogen-bond acceptors (Lipinski definition) is 10. The normalized spacial score (nSPS) is 21.9. The molecule has 4 aromatic rings. The second kappa shape index (κ2) is 9.85. The third-order valence-electron chi connectivity index (χ3n) is 8.32. The van der Waals surface area contributed by atoms with Crippen LogP contribution < -0.4 is 14.2 Å². The van der Waals surface area contributed by atoms with Crippen LogP contribution in [0.1, 0.15) is 48.3 Å². The summed E-state index contributed by atoms with van der Waals surface area (Å²) in [4.78, 5) is 0. The molecule has 2 aliphatic rings. The summed E-state index contributed by atoms with van der Waals surface area (Å²) in [5.41, 5.74) is 2.39. The van der Waals surface area contributed by atoms with Crippen LogP contribution in [0.15, 0.2) is 24.3 Å². The van der Waals surface area contributed by atoms with Gasteiger partial charge in [0.1, 0.15) is 46.7 Å². The molecule has 0 saturated carbocycles. The maximum absolute atomic E-state index is 11.6. The molecule has 10 heteroatoms. The number of aromatic hydroxyl groups is 3. The Kier molecular flexibility index (Phi) is 6.54. The SMILES string of the molecule is COc1cc(OC)c2c(O)c3c(c(-c4c5c(c(O)c6c(OC)cc(O)cc46)CO[C@@H](C)[C@H]5O)c2c1)[C@H](O)[C@H](C)OC3. The van der Waals surface area contributed by atoms with E-state index >= 15 is 0 Å².